The summed E-state index contributed by atoms with van der Waals surface area (Å²) in [5.41, 5.74) is 3.32. The number of hydrogen-bond acceptors (Lipinski definition) is 3. The zero-order valence-electron chi connectivity index (χ0n) is 14.1. The van der Waals surface area contributed by atoms with Crippen molar-refractivity contribution in [3.8, 4) is 5.75 Å². The second-order valence-electron chi connectivity index (χ2n) is 5.96. The average molecular weight is 325 g/mol. The van der Waals surface area contributed by atoms with Crippen LogP contribution in [0.5, 0.6) is 5.75 Å². The number of carbonyl (C=O) groups is 1. The highest BCUT2D eigenvalue weighted by Gasteiger charge is 2.23. The number of amides is 2. The smallest absolute Gasteiger partial charge is 0.319 e. The summed E-state index contributed by atoms with van der Waals surface area (Å²) < 4.78 is 5.24. The molecule has 0 radical (unpaired) electrons. The van der Waals surface area contributed by atoms with E-state index in [9.17, 15) is 4.79 Å². The highest BCUT2D eigenvalue weighted by atomic mass is 16.5. The van der Waals surface area contributed by atoms with Gasteiger partial charge in [-0.2, -0.15) is 0 Å². The molecule has 24 heavy (non-hydrogen) atoms. The Morgan fingerprint density at radius 3 is 2.79 bits per heavy atom. The summed E-state index contributed by atoms with van der Waals surface area (Å²) in [7, 11) is 1.59. The number of fused-ring (bicyclic) bond motifs is 1. The highest BCUT2D eigenvalue weighted by molar-refractivity contribution is 5.90. The van der Waals surface area contributed by atoms with Crippen LogP contribution in [-0.2, 0) is 6.42 Å². The number of urea groups is 1. The van der Waals surface area contributed by atoms with Gasteiger partial charge in [0.1, 0.15) is 5.75 Å². The van der Waals surface area contributed by atoms with Gasteiger partial charge >= 0.3 is 6.03 Å². The van der Waals surface area contributed by atoms with Crippen LogP contribution in [0, 0.1) is 0 Å². The van der Waals surface area contributed by atoms with E-state index in [0.29, 0.717) is 18.0 Å². The Morgan fingerprint density at radius 1 is 1.21 bits per heavy atom. The monoisotopic (exact) mass is 325 g/mol. The first-order valence-corrected chi connectivity index (χ1v) is 8.21. The molecule has 2 N–H and O–H groups in total. The second kappa shape index (κ2) is 7.25. The van der Waals surface area contributed by atoms with E-state index < -0.39 is 0 Å². The van der Waals surface area contributed by atoms with Gasteiger partial charge in [0.25, 0.3) is 0 Å². The van der Waals surface area contributed by atoms with Gasteiger partial charge in [-0.25, -0.2) is 4.79 Å². The predicted octanol–water partition coefficient (Wildman–Crippen LogP) is 3.27. The van der Waals surface area contributed by atoms with E-state index >= 15 is 0 Å². The van der Waals surface area contributed by atoms with E-state index in [1.54, 1.807) is 7.11 Å². The largest absolute Gasteiger partial charge is 0.495 e. The maximum atomic E-state index is 12.1. The van der Waals surface area contributed by atoms with Crippen molar-refractivity contribution >= 4 is 17.4 Å². The number of benzene rings is 2. The lowest BCUT2D eigenvalue weighted by Gasteiger charge is -2.27. The maximum absolute atomic E-state index is 12.1. The molecule has 0 spiro atoms. The van der Waals surface area contributed by atoms with Crippen molar-refractivity contribution in [3.63, 3.8) is 0 Å². The first-order chi connectivity index (χ1) is 11.7. The molecule has 5 nitrogen and oxygen atoms in total. The number of hydrogen-bond donors (Lipinski definition) is 2. The number of methoxy groups -OCH3 is 1. The molecular weight excluding hydrogens is 302 g/mol. The molecule has 1 aliphatic rings. The Hall–Kier alpha value is -2.69. The van der Waals surface area contributed by atoms with Crippen LogP contribution in [0.3, 0.4) is 0 Å². The van der Waals surface area contributed by atoms with Gasteiger partial charge in [0.15, 0.2) is 0 Å². The topological polar surface area (TPSA) is 53.6 Å². The number of para-hydroxylation sites is 3. The van der Waals surface area contributed by atoms with Crippen LogP contribution >= 0.6 is 0 Å². The lowest BCUT2D eigenvalue weighted by atomic mass is 10.2. The molecule has 0 bridgehead atoms. The Balaban J connectivity index is 1.55. The van der Waals surface area contributed by atoms with Crippen molar-refractivity contribution in [3.05, 3.63) is 54.1 Å². The molecule has 2 aromatic carbocycles. The van der Waals surface area contributed by atoms with Gasteiger partial charge in [0.05, 0.1) is 12.8 Å². The molecule has 0 saturated carbocycles. The van der Waals surface area contributed by atoms with Crippen LogP contribution in [-0.4, -0.2) is 32.3 Å². The summed E-state index contributed by atoms with van der Waals surface area (Å²) in [6.07, 6.45) is 1.06. The summed E-state index contributed by atoms with van der Waals surface area (Å²) in [6, 6.07) is 15.8. The predicted molar refractivity (Wildman–Crippen MR) is 97.0 cm³/mol. The van der Waals surface area contributed by atoms with E-state index in [1.165, 1.54) is 11.3 Å². The standard InChI is InChI=1S/C19H23N3O2/c1-14(22-12-11-15-7-3-5-9-17(15)22)13-20-19(23)21-16-8-4-6-10-18(16)24-2/h3-10,14H,11-13H2,1-2H3,(H2,20,21,23). The molecule has 0 fully saturated rings. The molecule has 3 rings (SSSR count). The molecular formula is C19H23N3O2. The molecule has 1 atom stereocenters. The Labute approximate surface area is 142 Å². The number of nitrogens with one attached hydrogen (secondary N) is 2. The third-order valence-electron chi connectivity index (χ3n) is 4.37. The van der Waals surface area contributed by atoms with Crippen molar-refractivity contribution < 1.29 is 9.53 Å². The van der Waals surface area contributed by atoms with Crippen LogP contribution in [0.1, 0.15) is 12.5 Å². The number of anilines is 2. The van der Waals surface area contributed by atoms with Crippen LogP contribution in [0.2, 0.25) is 0 Å². The summed E-state index contributed by atoms with van der Waals surface area (Å²) in [4.78, 5) is 14.5. The summed E-state index contributed by atoms with van der Waals surface area (Å²) in [6.45, 7) is 3.71. The summed E-state index contributed by atoms with van der Waals surface area (Å²) >= 11 is 0. The normalized spacial score (nSPS) is 14.0. The van der Waals surface area contributed by atoms with Gasteiger partial charge in [-0.3, -0.25) is 0 Å². The van der Waals surface area contributed by atoms with E-state index in [2.05, 4.69) is 46.7 Å². The van der Waals surface area contributed by atoms with Crippen molar-refractivity contribution in [2.75, 3.05) is 30.4 Å². The third-order valence-corrected chi connectivity index (χ3v) is 4.37. The van der Waals surface area contributed by atoms with Crippen LogP contribution in [0.15, 0.2) is 48.5 Å². The fraction of sp³-hybridized carbons (Fsp3) is 0.316. The molecule has 0 aromatic heterocycles. The number of ether oxygens (including phenoxy) is 1. The van der Waals surface area contributed by atoms with E-state index in [4.69, 9.17) is 4.74 Å². The number of carbonyl (C=O) groups excluding carboxylic acids is 1. The van der Waals surface area contributed by atoms with Crippen molar-refractivity contribution in [1.29, 1.82) is 0 Å². The van der Waals surface area contributed by atoms with Gasteiger partial charge in [-0.1, -0.05) is 30.3 Å². The van der Waals surface area contributed by atoms with Gasteiger partial charge < -0.3 is 20.3 Å². The van der Waals surface area contributed by atoms with Crippen LogP contribution < -0.4 is 20.3 Å². The summed E-state index contributed by atoms with van der Waals surface area (Å²) in [5, 5.41) is 5.78. The SMILES string of the molecule is COc1ccccc1NC(=O)NCC(C)N1CCc2ccccc21. The van der Waals surface area contributed by atoms with Crippen molar-refractivity contribution in [2.45, 2.75) is 19.4 Å². The second-order valence-corrected chi connectivity index (χ2v) is 5.96. The first kappa shape index (κ1) is 16.2. The van der Waals surface area contributed by atoms with Gasteiger partial charge in [-0.15, -0.1) is 0 Å². The van der Waals surface area contributed by atoms with E-state index in [1.807, 2.05) is 24.3 Å². The molecule has 2 amide bonds. The van der Waals surface area contributed by atoms with E-state index in [0.717, 1.165) is 13.0 Å². The quantitative estimate of drug-likeness (QED) is 0.887. The zero-order chi connectivity index (χ0) is 16.9. The number of rotatable bonds is 5. The minimum atomic E-state index is -0.223. The van der Waals surface area contributed by atoms with E-state index in [-0.39, 0.29) is 12.1 Å². The van der Waals surface area contributed by atoms with Crippen LogP contribution in [0.4, 0.5) is 16.2 Å². The number of nitrogens with zero attached hydrogens (tertiary/aromatic N) is 1. The fourth-order valence-corrected chi connectivity index (χ4v) is 3.09. The minimum absolute atomic E-state index is 0.223. The van der Waals surface area contributed by atoms with Gasteiger partial charge in [-0.05, 0) is 37.1 Å². The average Bonchev–Trinajstić information content (AvgIpc) is 3.04. The molecule has 2 aromatic rings. The maximum Gasteiger partial charge on any atom is 0.319 e. The molecule has 0 saturated heterocycles. The van der Waals surface area contributed by atoms with Crippen LogP contribution in [0.25, 0.3) is 0 Å². The third kappa shape index (κ3) is 3.45. The zero-order valence-corrected chi connectivity index (χ0v) is 14.1. The molecule has 5 heteroatoms. The Bertz CT molecular complexity index is 717. The lowest BCUT2D eigenvalue weighted by Crippen LogP contribution is -2.42. The first-order valence-electron chi connectivity index (χ1n) is 8.21. The summed E-state index contributed by atoms with van der Waals surface area (Å²) in [5.74, 6) is 0.647. The Kier molecular flexibility index (Phi) is 4.89. The highest BCUT2D eigenvalue weighted by Crippen LogP contribution is 2.29. The van der Waals surface area contributed by atoms with Gasteiger partial charge in [0.2, 0.25) is 0 Å². The minimum Gasteiger partial charge on any atom is -0.495 e. The molecule has 1 aliphatic heterocycles. The van der Waals surface area contributed by atoms with Gasteiger partial charge in [0, 0.05) is 24.8 Å². The van der Waals surface area contributed by atoms with Crippen molar-refractivity contribution in [1.82, 2.24) is 5.32 Å². The Morgan fingerprint density at radius 2 is 1.96 bits per heavy atom. The fourth-order valence-electron chi connectivity index (χ4n) is 3.09. The molecule has 1 unspecified atom stereocenters. The lowest BCUT2D eigenvalue weighted by molar-refractivity contribution is 0.251. The molecule has 0 aliphatic carbocycles. The van der Waals surface area contributed by atoms with Crippen molar-refractivity contribution in [2.24, 2.45) is 0 Å². The molecule has 126 valence electrons. The molecule has 1 heterocycles.